The van der Waals surface area contributed by atoms with Crippen LogP contribution in [0.5, 0.6) is 0 Å². The van der Waals surface area contributed by atoms with Crippen LogP contribution in [-0.2, 0) is 4.79 Å². The molecule has 4 N–H and O–H groups in total. The van der Waals surface area contributed by atoms with Gasteiger partial charge in [-0.25, -0.2) is 9.18 Å². The van der Waals surface area contributed by atoms with Crippen molar-refractivity contribution in [3.8, 4) is 0 Å². The first kappa shape index (κ1) is 14.1. The second-order valence-corrected chi connectivity index (χ2v) is 4.22. The molecule has 0 spiro atoms. The van der Waals surface area contributed by atoms with Crippen LogP contribution in [0, 0.1) is 5.82 Å². The fourth-order valence-electron chi connectivity index (χ4n) is 1.18. The highest BCUT2D eigenvalue weighted by atomic mass is 19.1. The Bertz CT molecular complexity index is 486. The molecule has 98 valence electrons. The van der Waals surface area contributed by atoms with Gasteiger partial charge in [0.25, 0.3) is 0 Å². The van der Waals surface area contributed by atoms with E-state index in [2.05, 4.69) is 5.32 Å². The van der Waals surface area contributed by atoms with Gasteiger partial charge in [-0.15, -0.1) is 0 Å². The third kappa shape index (κ3) is 3.04. The Morgan fingerprint density at radius 2 is 2.11 bits per heavy atom. The third-order valence-corrected chi connectivity index (χ3v) is 2.71. The van der Waals surface area contributed by atoms with Gasteiger partial charge in [-0.2, -0.15) is 0 Å². The maximum atomic E-state index is 13.4. The summed E-state index contributed by atoms with van der Waals surface area (Å²) >= 11 is 0. The highest BCUT2D eigenvalue weighted by Crippen LogP contribution is 2.18. The molecule has 0 aliphatic carbocycles. The van der Waals surface area contributed by atoms with Gasteiger partial charge in [0.05, 0.1) is 16.8 Å². The summed E-state index contributed by atoms with van der Waals surface area (Å²) in [4.78, 5) is 22.5. The normalized spacial score (nSPS) is 13.8. The van der Waals surface area contributed by atoms with Crippen molar-refractivity contribution in [1.82, 2.24) is 0 Å². The summed E-state index contributed by atoms with van der Waals surface area (Å²) in [6.45, 7) is 3.24. The quantitative estimate of drug-likeness (QED) is 0.760. The molecule has 0 saturated heterocycles. The average Bonchev–Trinajstić information content (AvgIpc) is 2.31. The monoisotopic (exact) mass is 254 g/mol. The van der Waals surface area contributed by atoms with E-state index in [4.69, 9.17) is 10.8 Å². The van der Waals surface area contributed by atoms with Gasteiger partial charge in [-0.1, -0.05) is 6.92 Å². The summed E-state index contributed by atoms with van der Waals surface area (Å²) in [5, 5.41) is 11.1. The summed E-state index contributed by atoms with van der Waals surface area (Å²) in [6, 6.07) is 3.16. The molecule has 1 aromatic rings. The van der Waals surface area contributed by atoms with E-state index < -0.39 is 23.2 Å². The van der Waals surface area contributed by atoms with E-state index >= 15 is 0 Å². The Kier molecular flexibility index (Phi) is 4.03. The molecule has 6 heteroatoms. The lowest BCUT2D eigenvalue weighted by molar-refractivity contribution is -0.120. The molecule has 5 nitrogen and oxygen atoms in total. The molecule has 0 aromatic heterocycles. The number of aromatic carboxylic acids is 1. The molecule has 0 aliphatic rings. The number of benzene rings is 1. The van der Waals surface area contributed by atoms with E-state index in [1.165, 1.54) is 6.92 Å². The Morgan fingerprint density at radius 1 is 1.50 bits per heavy atom. The van der Waals surface area contributed by atoms with Crippen LogP contribution in [0.15, 0.2) is 18.2 Å². The van der Waals surface area contributed by atoms with Crippen molar-refractivity contribution < 1.29 is 19.1 Å². The van der Waals surface area contributed by atoms with Crippen LogP contribution < -0.4 is 11.1 Å². The van der Waals surface area contributed by atoms with Gasteiger partial charge < -0.3 is 16.2 Å². The number of carboxylic acid groups (broad SMARTS) is 1. The van der Waals surface area contributed by atoms with E-state index in [1.807, 2.05) is 0 Å². The summed E-state index contributed by atoms with van der Waals surface area (Å²) in [5.41, 5.74) is 4.27. The van der Waals surface area contributed by atoms with Gasteiger partial charge in [-0.3, -0.25) is 4.79 Å². The number of carbonyl (C=O) groups is 2. The molecule has 1 aromatic carbocycles. The van der Waals surface area contributed by atoms with E-state index in [1.54, 1.807) is 6.92 Å². The van der Waals surface area contributed by atoms with Crippen LogP contribution in [0.2, 0.25) is 0 Å². The lowest BCUT2D eigenvalue weighted by Gasteiger charge is -2.21. The lowest BCUT2D eigenvalue weighted by atomic mass is 9.99. The average molecular weight is 254 g/mol. The van der Waals surface area contributed by atoms with Gasteiger partial charge in [-0.05, 0) is 31.5 Å². The second-order valence-electron chi connectivity index (χ2n) is 4.22. The maximum Gasteiger partial charge on any atom is 0.335 e. The molecule has 1 atom stereocenters. The number of halogens is 1. The smallest absolute Gasteiger partial charge is 0.335 e. The largest absolute Gasteiger partial charge is 0.478 e. The number of nitrogens with one attached hydrogen (secondary N) is 1. The minimum atomic E-state index is -1.20. The highest BCUT2D eigenvalue weighted by molar-refractivity contribution is 5.98. The molecular weight excluding hydrogens is 239 g/mol. The fourth-order valence-corrected chi connectivity index (χ4v) is 1.18. The first-order chi connectivity index (χ1) is 8.27. The Hall–Kier alpha value is -1.95. The predicted molar refractivity (Wildman–Crippen MR) is 64.9 cm³/mol. The second kappa shape index (κ2) is 5.14. The van der Waals surface area contributed by atoms with Crippen LogP contribution in [0.1, 0.15) is 30.6 Å². The minimum absolute atomic E-state index is 0.109. The Morgan fingerprint density at radius 3 is 2.61 bits per heavy atom. The number of nitrogens with two attached hydrogens (primary N) is 1. The summed E-state index contributed by atoms with van der Waals surface area (Å²) in [5.74, 6) is -2.47. The van der Waals surface area contributed by atoms with E-state index in [0.717, 1.165) is 18.2 Å². The first-order valence-corrected chi connectivity index (χ1v) is 5.41. The SMILES string of the molecule is CCC(C)(N)C(=O)Nc1cc(C(=O)O)ccc1F. The van der Waals surface area contributed by atoms with E-state index in [-0.39, 0.29) is 11.3 Å². The Balaban J connectivity index is 3.01. The van der Waals surface area contributed by atoms with Gasteiger partial charge >= 0.3 is 5.97 Å². The van der Waals surface area contributed by atoms with Crippen molar-refractivity contribution in [1.29, 1.82) is 0 Å². The molecule has 0 fully saturated rings. The predicted octanol–water partition coefficient (Wildman–Crippen LogP) is 1.59. The zero-order chi connectivity index (χ0) is 13.9. The summed E-state index contributed by atoms with van der Waals surface area (Å²) in [7, 11) is 0. The van der Waals surface area contributed by atoms with Crippen molar-refractivity contribution >= 4 is 17.6 Å². The number of rotatable bonds is 4. The van der Waals surface area contributed by atoms with Crippen molar-refractivity contribution in [3.63, 3.8) is 0 Å². The summed E-state index contributed by atoms with van der Waals surface area (Å²) in [6.07, 6.45) is 0.374. The van der Waals surface area contributed by atoms with Crippen molar-refractivity contribution in [3.05, 3.63) is 29.6 Å². The number of hydrogen-bond donors (Lipinski definition) is 3. The molecule has 0 bridgehead atoms. The van der Waals surface area contributed by atoms with Crippen LogP contribution in [0.3, 0.4) is 0 Å². The van der Waals surface area contributed by atoms with Crippen molar-refractivity contribution in [2.24, 2.45) is 5.73 Å². The molecule has 18 heavy (non-hydrogen) atoms. The number of carbonyl (C=O) groups excluding carboxylic acids is 1. The number of carboxylic acids is 1. The Labute approximate surface area is 104 Å². The number of anilines is 1. The zero-order valence-corrected chi connectivity index (χ0v) is 10.2. The zero-order valence-electron chi connectivity index (χ0n) is 10.2. The van der Waals surface area contributed by atoms with Crippen LogP contribution >= 0.6 is 0 Å². The van der Waals surface area contributed by atoms with E-state index in [0.29, 0.717) is 6.42 Å². The third-order valence-electron chi connectivity index (χ3n) is 2.71. The molecule has 0 heterocycles. The highest BCUT2D eigenvalue weighted by Gasteiger charge is 2.26. The molecule has 1 amide bonds. The molecule has 1 rings (SSSR count). The topological polar surface area (TPSA) is 92.4 Å². The van der Waals surface area contributed by atoms with Crippen molar-refractivity contribution in [2.45, 2.75) is 25.8 Å². The summed E-state index contributed by atoms with van der Waals surface area (Å²) < 4.78 is 13.4. The number of amides is 1. The molecular formula is C12H15FN2O3. The van der Waals surface area contributed by atoms with Gasteiger partial charge in [0.15, 0.2) is 0 Å². The van der Waals surface area contributed by atoms with Gasteiger partial charge in [0.2, 0.25) is 5.91 Å². The standard InChI is InChI=1S/C12H15FN2O3/c1-3-12(2,14)11(18)15-9-6-7(10(16)17)4-5-8(9)13/h4-6H,3,14H2,1-2H3,(H,15,18)(H,16,17). The van der Waals surface area contributed by atoms with Gasteiger partial charge in [0.1, 0.15) is 5.82 Å². The van der Waals surface area contributed by atoms with Gasteiger partial charge in [0, 0.05) is 0 Å². The van der Waals surface area contributed by atoms with E-state index in [9.17, 15) is 14.0 Å². The minimum Gasteiger partial charge on any atom is -0.478 e. The van der Waals surface area contributed by atoms with Crippen LogP contribution in [-0.4, -0.2) is 22.5 Å². The lowest BCUT2D eigenvalue weighted by Crippen LogP contribution is -2.47. The van der Waals surface area contributed by atoms with Crippen molar-refractivity contribution in [2.75, 3.05) is 5.32 Å². The molecule has 0 saturated carbocycles. The fraction of sp³-hybridized carbons (Fsp3) is 0.333. The number of hydrogen-bond acceptors (Lipinski definition) is 3. The molecule has 0 aliphatic heterocycles. The first-order valence-electron chi connectivity index (χ1n) is 5.41. The van der Waals surface area contributed by atoms with Crippen LogP contribution in [0.25, 0.3) is 0 Å². The molecule has 1 unspecified atom stereocenters. The maximum absolute atomic E-state index is 13.4. The van der Waals surface area contributed by atoms with Crippen LogP contribution in [0.4, 0.5) is 10.1 Å². The molecule has 0 radical (unpaired) electrons.